The molecule has 3 aliphatic rings. The van der Waals surface area contributed by atoms with Crippen molar-refractivity contribution < 1.29 is 0 Å². The van der Waals surface area contributed by atoms with Gasteiger partial charge in [0.2, 0.25) is 0 Å². The standard InChI is InChI=1S/C56H50N2/c1-38(2)39-26-30-47-48-31-27-40(55(3,4)5)35-52(48)56(51(47)34-39)53-36-45(57(41-18-10-6-11-19-41)42-20-12-7-13-21-42)28-32-49(53)50-33-29-46(37-54(50)56)58(43-22-14-8-15-23-43)44-24-16-9-17-25-44/h6-38,47,51H,1-5H3. The van der Waals surface area contributed by atoms with E-state index in [1.807, 2.05) is 0 Å². The number of anilines is 6. The third-order valence-corrected chi connectivity index (χ3v) is 12.8. The molecule has 2 unspecified atom stereocenters. The summed E-state index contributed by atoms with van der Waals surface area (Å²) in [5.74, 6) is 0.852. The first-order chi connectivity index (χ1) is 28.2. The highest BCUT2D eigenvalue weighted by atomic mass is 15.1. The van der Waals surface area contributed by atoms with Gasteiger partial charge in [-0.05, 0) is 129 Å². The van der Waals surface area contributed by atoms with E-state index >= 15 is 0 Å². The summed E-state index contributed by atoms with van der Waals surface area (Å²) in [6, 6.07) is 65.3. The second kappa shape index (κ2) is 13.9. The lowest BCUT2D eigenvalue weighted by atomic mass is 9.64. The molecule has 0 aromatic heterocycles. The zero-order valence-corrected chi connectivity index (χ0v) is 34.1. The maximum Gasteiger partial charge on any atom is 0.0539 e. The van der Waals surface area contributed by atoms with E-state index in [1.165, 1.54) is 44.5 Å². The number of hydrogen-bond donors (Lipinski definition) is 0. The van der Waals surface area contributed by atoms with Gasteiger partial charge in [0, 0.05) is 46.0 Å². The molecule has 0 bridgehead atoms. The smallest absolute Gasteiger partial charge is 0.0539 e. The number of fused-ring (bicyclic) bond motifs is 10. The number of nitrogens with zero attached hydrogens (tertiary/aromatic N) is 2. The summed E-state index contributed by atoms with van der Waals surface area (Å²) in [5, 5.41) is 0. The van der Waals surface area contributed by atoms with Crippen molar-refractivity contribution in [2.24, 2.45) is 11.8 Å². The number of para-hydroxylation sites is 4. The number of hydrogen-bond acceptors (Lipinski definition) is 2. The Hall–Kier alpha value is -6.38. The predicted octanol–water partition coefficient (Wildman–Crippen LogP) is 15.1. The van der Waals surface area contributed by atoms with Gasteiger partial charge in [0.05, 0.1) is 5.41 Å². The van der Waals surface area contributed by atoms with Crippen LogP contribution in [0.3, 0.4) is 0 Å². The molecule has 0 N–H and O–H groups in total. The minimum absolute atomic E-state index is 0.0124. The van der Waals surface area contributed by atoms with Crippen LogP contribution in [0.4, 0.5) is 34.1 Å². The Bertz CT molecular complexity index is 2470. The van der Waals surface area contributed by atoms with Crippen molar-refractivity contribution in [3.8, 4) is 11.1 Å². The van der Waals surface area contributed by atoms with Crippen LogP contribution in [0.1, 0.15) is 68.4 Å². The quantitative estimate of drug-likeness (QED) is 0.160. The highest BCUT2D eigenvalue weighted by molar-refractivity contribution is 5.91. The Morgan fingerprint density at radius 3 is 1.34 bits per heavy atom. The van der Waals surface area contributed by atoms with Gasteiger partial charge >= 0.3 is 0 Å². The van der Waals surface area contributed by atoms with E-state index < -0.39 is 5.41 Å². The first-order valence-corrected chi connectivity index (χ1v) is 20.9. The average Bonchev–Trinajstić information content (AvgIpc) is 3.71. The summed E-state index contributed by atoms with van der Waals surface area (Å²) in [6.07, 6.45) is 7.59. The zero-order valence-electron chi connectivity index (χ0n) is 34.1. The summed E-state index contributed by atoms with van der Waals surface area (Å²) in [6.45, 7) is 11.7. The fourth-order valence-electron chi connectivity index (χ4n) is 10.1. The Morgan fingerprint density at radius 1 is 0.483 bits per heavy atom. The van der Waals surface area contributed by atoms with Crippen LogP contribution in [0.2, 0.25) is 0 Å². The van der Waals surface area contributed by atoms with Crippen molar-refractivity contribution >= 4 is 34.1 Å². The molecule has 7 aromatic carbocycles. The van der Waals surface area contributed by atoms with Crippen LogP contribution in [0, 0.1) is 11.8 Å². The maximum atomic E-state index is 2.66. The number of rotatable bonds is 7. The molecule has 0 fully saturated rings. The van der Waals surface area contributed by atoms with E-state index in [1.54, 1.807) is 0 Å². The normalized spacial score (nSPS) is 17.0. The Morgan fingerprint density at radius 2 is 0.931 bits per heavy atom. The molecule has 284 valence electrons. The molecular formula is C56H50N2. The van der Waals surface area contributed by atoms with Crippen LogP contribution in [-0.4, -0.2) is 0 Å². The van der Waals surface area contributed by atoms with Gasteiger partial charge in [0.25, 0.3) is 0 Å². The Kier molecular flexibility index (Phi) is 8.64. The molecule has 2 atom stereocenters. The van der Waals surface area contributed by atoms with Crippen LogP contribution in [-0.2, 0) is 10.8 Å². The highest BCUT2D eigenvalue weighted by Crippen LogP contribution is 2.67. The molecule has 0 radical (unpaired) electrons. The second-order valence-electron chi connectivity index (χ2n) is 17.6. The van der Waals surface area contributed by atoms with Gasteiger partial charge in [-0.3, -0.25) is 0 Å². The molecule has 0 amide bonds. The fourth-order valence-corrected chi connectivity index (χ4v) is 10.1. The summed E-state index contributed by atoms with van der Waals surface area (Å²) in [4.78, 5) is 4.84. The molecule has 0 heterocycles. The van der Waals surface area contributed by atoms with Gasteiger partial charge in [-0.2, -0.15) is 0 Å². The summed E-state index contributed by atoms with van der Waals surface area (Å²) in [7, 11) is 0. The zero-order chi connectivity index (χ0) is 39.6. The van der Waals surface area contributed by atoms with Crippen LogP contribution >= 0.6 is 0 Å². The first kappa shape index (κ1) is 36.0. The summed E-state index contributed by atoms with van der Waals surface area (Å²) < 4.78 is 0. The van der Waals surface area contributed by atoms with Gasteiger partial charge in [-0.25, -0.2) is 0 Å². The van der Waals surface area contributed by atoms with Crippen LogP contribution in [0.15, 0.2) is 200 Å². The molecule has 10 rings (SSSR count). The molecule has 7 aromatic rings. The van der Waals surface area contributed by atoms with E-state index in [9.17, 15) is 0 Å². The average molecular weight is 751 g/mol. The molecule has 3 aliphatic carbocycles. The van der Waals surface area contributed by atoms with E-state index in [0.717, 1.165) is 34.1 Å². The summed E-state index contributed by atoms with van der Waals surface area (Å²) in [5.41, 5.74) is 17.5. The topological polar surface area (TPSA) is 6.48 Å². The predicted molar refractivity (Wildman–Crippen MR) is 245 cm³/mol. The maximum absolute atomic E-state index is 2.66. The van der Waals surface area contributed by atoms with Gasteiger partial charge in [-0.15, -0.1) is 0 Å². The Labute approximate surface area is 344 Å². The van der Waals surface area contributed by atoms with Gasteiger partial charge in [0.15, 0.2) is 0 Å². The lowest BCUT2D eigenvalue weighted by molar-refractivity contribution is 0.458. The molecule has 0 aliphatic heterocycles. The highest BCUT2D eigenvalue weighted by Gasteiger charge is 2.58. The Balaban J connectivity index is 1.29. The van der Waals surface area contributed by atoms with Crippen molar-refractivity contribution in [1.29, 1.82) is 0 Å². The van der Waals surface area contributed by atoms with E-state index in [0.29, 0.717) is 5.92 Å². The third-order valence-electron chi connectivity index (χ3n) is 12.8. The monoisotopic (exact) mass is 750 g/mol. The largest absolute Gasteiger partial charge is 0.310 e. The molecule has 2 nitrogen and oxygen atoms in total. The number of allylic oxidation sites excluding steroid dienone is 4. The van der Waals surface area contributed by atoms with E-state index in [4.69, 9.17) is 0 Å². The summed E-state index contributed by atoms with van der Waals surface area (Å²) >= 11 is 0. The van der Waals surface area contributed by atoms with Gasteiger partial charge in [-0.1, -0.05) is 156 Å². The third kappa shape index (κ3) is 5.69. The lowest BCUT2D eigenvalue weighted by Crippen LogP contribution is -2.34. The molecule has 0 saturated carbocycles. The fraction of sp³-hybridized carbons (Fsp3) is 0.179. The van der Waals surface area contributed by atoms with Crippen molar-refractivity contribution in [2.45, 2.75) is 51.4 Å². The van der Waals surface area contributed by atoms with E-state index in [2.05, 4.69) is 239 Å². The molecule has 2 heteroatoms. The van der Waals surface area contributed by atoms with Crippen molar-refractivity contribution in [3.63, 3.8) is 0 Å². The minimum Gasteiger partial charge on any atom is -0.310 e. The SMILES string of the molecule is CC(C)C1=CC2C(C=C1)c1ccc(C(C)(C)C)cc1C21c2cc(N(c3ccccc3)c3ccccc3)ccc2-c2ccc(N(c3ccccc3)c3ccccc3)cc21. The second-order valence-corrected chi connectivity index (χ2v) is 17.6. The van der Waals surface area contributed by atoms with Crippen LogP contribution in [0.25, 0.3) is 11.1 Å². The van der Waals surface area contributed by atoms with Gasteiger partial charge in [0.1, 0.15) is 0 Å². The van der Waals surface area contributed by atoms with Crippen molar-refractivity contribution in [3.05, 3.63) is 228 Å². The van der Waals surface area contributed by atoms with Crippen LogP contribution in [0.5, 0.6) is 0 Å². The number of benzene rings is 7. The first-order valence-electron chi connectivity index (χ1n) is 20.9. The minimum atomic E-state index is -0.444. The molecular weight excluding hydrogens is 701 g/mol. The van der Waals surface area contributed by atoms with Crippen molar-refractivity contribution in [2.75, 3.05) is 9.80 Å². The lowest BCUT2D eigenvalue weighted by Gasteiger charge is -2.38. The van der Waals surface area contributed by atoms with Crippen molar-refractivity contribution in [1.82, 2.24) is 0 Å². The molecule has 1 spiro atoms. The molecule has 58 heavy (non-hydrogen) atoms. The van der Waals surface area contributed by atoms with Crippen LogP contribution < -0.4 is 9.80 Å². The van der Waals surface area contributed by atoms with E-state index in [-0.39, 0.29) is 17.3 Å². The van der Waals surface area contributed by atoms with Gasteiger partial charge < -0.3 is 9.80 Å². The molecule has 0 saturated heterocycles.